The van der Waals surface area contributed by atoms with Gasteiger partial charge >= 0.3 is 7.12 Å². The number of hydrogen-bond acceptors (Lipinski definition) is 5. The van der Waals surface area contributed by atoms with Gasteiger partial charge in [0, 0.05) is 0 Å². The van der Waals surface area contributed by atoms with Gasteiger partial charge in [0.25, 0.3) is 0 Å². The van der Waals surface area contributed by atoms with E-state index in [-0.39, 0.29) is 10.7 Å². The minimum Gasteiger partial charge on any atom is -0.422 e. The van der Waals surface area contributed by atoms with Gasteiger partial charge in [0.1, 0.15) is 5.15 Å². The minimum absolute atomic E-state index is 0.160. The molecular formula is C11H19BClNO4. The summed E-state index contributed by atoms with van der Waals surface area (Å²) in [4.78, 5) is 3.64. The second-order valence-corrected chi connectivity index (χ2v) is 5.26. The van der Waals surface area contributed by atoms with Crippen LogP contribution in [-0.4, -0.2) is 43.6 Å². The quantitative estimate of drug-likeness (QED) is 0.448. The Hall–Kier alpha value is -0.655. The lowest BCUT2D eigenvalue weighted by Crippen LogP contribution is -2.44. The molecule has 18 heavy (non-hydrogen) atoms. The summed E-state index contributed by atoms with van der Waals surface area (Å²) in [5.74, 6) is 0. The molecule has 5 nitrogen and oxygen atoms in total. The first-order valence-electron chi connectivity index (χ1n) is 5.38. The van der Waals surface area contributed by atoms with Crippen LogP contribution in [0.1, 0.15) is 27.7 Å². The van der Waals surface area contributed by atoms with Gasteiger partial charge in [-0.15, -0.1) is 0 Å². The molecule has 0 spiro atoms. The monoisotopic (exact) mass is 275 g/mol. The lowest BCUT2D eigenvalue weighted by atomic mass is 9.86. The van der Waals surface area contributed by atoms with Crippen LogP contribution in [0.4, 0.5) is 0 Å². The fraction of sp³-hybridized carbons (Fsp3) is 0.545. The standard InChI is InChI=1S/C6H14O2.C5H5BClNO2/c1-5(2,7)6(3,4)8;7-5-3-1-2-4(8-5)6(9)10/h7-8H,1-4H3;1-3,9-10H. The molecule has 1 rings (SSSR count). The molecule has 0 bridgehead atoms. The summed E-state index contributed by atoms with van der Waals surface area (Å²) >= 11 is 5.46. The lowest BCUT2D eigenvalue weighted by molar-refractivity contribution is -0.107. The molecule has 0 aliphatic carbocycles. The zero-order valence-corrected chi connectivity index (χ0v) is 11.7. The first kappa shape index (κ1) is 17.3. The van der Waals surface area contributed by atoms with Crippen LogP contribution in [0, 0.1) is 0 Å². The maximum absolute atomic E-state index is 9.10. The Labute approximate surface area is 112 Å². The van der Waals surface area contributed by atoms with Crippen LogP contribution in [0.2, 0.25) is 5.15 Å². The summed E-state index contributed by atoms with van der Waals surface area (Å²) in [6.07, 6.45) is 0. The zero-order chi connectivity index (χ0) is 14.6. The van der Waals surface area contributed by atoms with Gasteiger partial charge < -0.3 is 20.3 Å². The summed E-state index contributed by atoms with van der Waals surface area (Å²) in [6, 6.07) is 4.65. The highest BCUT2D eigenvalue weighted by Gasteiger charge is 2.31. The maximum Gasteiger partial charge on any atom is 0.508 e. The average molecular weight is 276 g/mol. The molecule has 7 heteroatoms. The molecule has 4 N–H and O–H groups in total. The largest absolute Gasteiger partial charge is 0.508 e. The van der Waals surface area contributed by atoms with Gasteiger partial charge in [0.05, 0.1) is 16.8 Å². The van der Waals surface area contributed by atoms with Crippen molar-refractivity contribution < 1.29 is 20.3 Å². The van der Waals surface area contributed by atoms with Crippen LogP contribution < -0.4 is 5.59 Å². The van der Waals surface area contributed by atoms with E-state index in [4.69, 9.17) is 31.9 Å². The van der Waals surface area contributed by atoms with E-state index in [1.165, 1.54) is 6.07 Å². The molecule has 0 radical (unpaired) electrons. The molecule has 0 aliphatic heterocycles. The van der Waals surface area contributed by atoms with Crippen LogP contribution in [0.5, 0.6) is 0 Å². The van der Waals surface area contributed by atoms with Crippen LogP contribution >= 0.6 is 11.6 Å². The maximum atomic E-state index is 9.10. The van der Waals surface area contributed by atoms with Gasteiger partial charge in [-0.3, -0.25) is 0 Å². The van der Waals surface area contributed by atoms with Gasteiger partial charge in [0.15, 0.2) is 0 Å². The van der Waals surface area contributed by atoms with Gasteiger partial charge in [0.2, 0.25) is 0 Å². The highest BCUT2D eigenvalue weighted by atomic mass is 35.5. The molecule has 0 saturated carbocycles. The number of aliphatic hydroxyl groups is 2. The molecule has 0 saturated heterocycles. The van der Waals surface area contributed by atoms with E-state index in [0.29, 0.717) is 0 Å². The van der Waals surface area contributed by atoms with Gasteiger partial charge in [-0.1, -0.05) is 17.7 Å². The molecule has 1 aromatic heterocycles. The Balaban J connectivity index is 0.000000331. The molecule has 0 unspecified atom stereocenters. The van der Waals surface area contributed by atoms with Gasteiger partial charge in [-0.25, -0.2) is 4.98 Å². The second-order valence-electron chi connectivity index (χ2n) is 4.88. The highest BCUT2D eigenvalue weighted by Crippen LogP contribution is 2.19. The van der Waals surface area contributed by atoms with Crippen molar-refractivity contribution >= 4 is 24.3 Å². The van der Waals surface area contributed by atoms with Gasteiger partial charge in [-0.2, -0.15) is 0 Å². The normalized spacial score (nSPS) is 11.6. The molecule has 0 aliphatic rings. The third kappa shape index (κ3) is 6.32. The Morgan fingerprint density at radius 2 is 1.50 bits per heavy atom. The number of pyridine rings is 1. The summed E-state index contributed by atoms with van der Waals surface area (Å²) in [5, 5.41) is 35.6. The van der Waals surface area contributed by atoms with Crippen molar-refractivity contribution in [1.82, 2.24) is 4.98 Å². The summed E-state index contributed by atoms with van der Waals surface area (Å²) in [7, 11) is -1.54. The van der Waals surface area contributed by atoms with Crippen LogP contribution in [-0.2, 0) is 0 Å². The number of aromatic nitrogens is 1. The fourth-order valence-electron chi connectivity index (χ4n) is 0.568. The van der Waals surface area contributed by atoms with Crippen molar-refractivity contribution in [3.05, 3.63) is 23.4 Å². The Kier molecular flexibility index (Phi) is 6.26. The molecule has 0 fully saturated rings. The van der Waals surface area contributed by atoms with Crippen LogP contribution in [0.25, 0.3) is 0 Å². The molecule has 1 aromatic rings. The highest BCUT2D eigenvalue weighted by molar-refractivity contribution is 6.57. The van der Waals surface area contributed by atoms with Crippen molar-refractivity contribution in [2.24, 2.45) is 0 Å². The molecule has 0 aromatic carbocycles. The van der Waals surface area contributed by atoms with E-state index in [2.05, 4.69) is 4.98 Å². The van der Waals surface area contributed by atoms with E-state index >= 15 is 0 Å². The number of rotatable bonds is 2. The number of halogens is 1. The molecule has 0 amide bonds. The first-order chi connectivity index (χ1) is 7.95. The number of hydrogen-bond donors (Lipinski definition) is 4. The predicted octanol–water partition coefficient (Wildman–Crippen LogP) is -0.0570. The molecule has 1 heterocycles. The minimum atomic E-state index is -1.54. The first-order valence-corrected chi connectivity index (χ1v) is 5.76. The fourth-order valence-corrected chi connectivity index (χ4v) is 0.738. The van der Waals surface area contributed by atoms with E-state index in [0.717, 1.165) is 0 Å². The molecule has 102 valence electrons. The van der Waals surface area contributed by atoms with E-state index in [1.807, 2.05) is 0 Å². The Morgan fingerprint density at radius 3 is 1.72 bits per heavy atom. The zero-order valence-electron chi connectivity index (χ0n) is 10.9. The van der Waals surface area contributed by atoms with Crippen molar-refractivity contribution in [3.63, 3.8) is 0 Å². The predicted molar refractivity (Wildman–Crippen MR) is 71.7 cm³/mol. The van der Waals surface area contributed by atoms with Crippen molar-refractivity contribution in [2.75, 3.05) is 0 Å². The molecule has 0 atom stereocenters. The molecular weight excluding hydrogens is 256 g/mol. The average Bonchev–Trinajstić information content (AvgIpc) is 2.15. The Bertz CT molecular complexity index is 362. The van der Waals surface area contributed by atoms with Crippen molar-refractivity contribution in [1.29, 1.82) is 0 Å². The number of nitrogens with zero attached hydrogens (tertiary/aromatic N) is 1. The third-order valence-corrected chi connectivity index (χ3v) is 2.71. The summed E-state index contributed by atoms with van der Waals surface area (Å²) < 4.78 is 0. The van der Waals surface area contributed by atoms with E-state index in [1.54, 1.807) is 39.8 Å². The van der Waals surface area contributed by atoms with Crippen LogP contribution in [0.3, 0.4) is 0 Å². The lowest BCUT2D eigenvalue weighted by Gasteiger charge is -2.31. The summed E-state index contributed by atoms with van der Waals surface area (Å²) in [6.45, 7) is 6.31. The third-order valence-electron chi connectivity index (χ3n) is 2.50. The van der Waals surface area contributed by atoms with Crippen LogP contribution in [0.15, 0.2) is 18.2 Å². The van der Waals surface area contributed by atoms with Crippen molar-refractivity contribution in [3.8, 4) is 0 Å². The SMILES string of the molecule is CC(C)(O)C(C)(C)O.OB(O)c1cccc(Cl)n1. The van der Waals surface area contributed by atoms with Gasteiger partial charge in [-0.05, 0) is 39.8 Å². The second kappa shape index (κ2) is 6.49. The topological polar surface area (TPSA) is 93.8 Å². The summed E-state index contributed by atoms with van der Waals surface area (Å²) in [5.41, 5.74) is -1.85. The van der Waals surface area contributed by atoms with E-state index in [9.17, 15) is 0 Å². The van der Waals surface area contributed by atoms with Crippen molar-refractivity contribution in [2.45, 2.75) is 38.9 Å². The smallest absolute Gasteiger partial charge is 0.422 e. The van der Waals surface area contributed by atoms with E-state index < -0.39 is 18.3 Å². The Morgan fingerprint density at radius 1 is 1.06 bits per heavy atom.